The fourth-order valence-electron chi connectivity index (χ4n) is 13.6. The van der Waals surface area contributed by atoms with Crippen LogP contribution >= 0.6 is 35.2 Å². The van der Waals surface area contributed by atoms with Gasteiger partial charge in [0.1, 0.15) is 36.3 Å². The van der Waals surface area contributed by atoms with Crippen LogP contribution in [0.15, 0.2) is 12.7 Å². The number of ether oxygens (including phenoxy) is 1. The van der Waals surface area contributed by atoms with Gasteiger partial charge in [0.05, 0.1) is 37.9 Å². The van der Waals surface area contributed by atoms with Crippen LogP contribution < -0.4 is 16.4 Å². The first-order valence-corrected chi connectivity index (χ1v) is 32.4. The Morgan fingerprint density at radius 1 is 0.937 bits per heavy atom. The number of nitrogens with two attached hydrogens (primary N) is 1. The molecule has 4 unspecified atom stereocenters. The number of nitrogens with zero attached hydrogens (tertiary/aromatic N) is 4. The van der Waals surface area contributed by atoms with Gasteiger partial charge in [0.2, 0.25) is 11.8 Å². The summed E-state index contributed by atoms with van der Waals surface area (Å²) in [4.78, 5) is 89.9. The number of aromatic nitrogens is 4. The number of aliphatic hydroxyl groups excluding tert-OH is 5. The van der Waals surface area contributed by atoms with Crippen LogP contribution in [0.1, 0.15) is 118 Å². The second kappa shape index (κ2) is 25.3. The van der Waals surface area contributed by atoms with Crippen molar-refractivity contribution in [2.75, 3.05) is 37.8 Å². The summed E-state index contributed by atoms with van der Waals surface area (Å²) in [5.41, 5.74) is 3.98. The smallest absolute Gasteiger partial charge is 0.393 e. The van der Waals surface area contributed by atoms with E-state index in [1.807, 2.05) is 6.92 Å². The molecular weight excluding hydrogens is 1120 g/mol. The number of hydrogen-bond donors (Lipinski definition) is 12. The Bertz CT molecular complexity index is 2640. The van der Waals surface area contributed by atoms with E-state index in [1.54, 1.807) is 0 Å². The molecule has 3 heterocycles. The van der Waals surface area contributed by atoms with E-state index in [0.29, 0.717) is 30.4 Å². The Hall–Kier alpha value is -2.56. The summed E-state index contributed by atoms with van der Waals surface area (Å²) in [5, 5.41) is 60.8. The molecule has 1 saturated heterocycles. The number of phosphoric acid groups is 3. The molecule has 0 bridgehead atoms. The maximum absolute atomic E-state index is 13.1. The van der Waals surface area contributed by atoms with Crippen molar-refractivity contribution in [3.05, 3.63) is 12.7 Å². The molecular formula is C48H80N7O20P3S. The summed E-state index contributed by atoms with van der Waals surface area (Å²) in [6, 6.07) is 0. The molecule has 0 radical (unpaired) electrons. The molecule has 2 amide bonds. The van der Waals surface area contributed by atoms with Gasteiger partial charge < -0.3 is 66.2 Å². The number of aliphatic hydroxyl groups is 5. The molecule has 7 rings (SSSR count). The number of nitrogens with one attached hydrogen (secondary N) is 2. The molecule has 79 heavy (non-hydrogen) atoms. The fraction of sp³-hybridized carbons (Fsp3) is 0.833. The third-order valence-electron chi connectivity index (χ3n) is 18.0. The number of thioether (sulfide) groups is 1. The number of carbonyl (C=O) groups excluding carboxylic acids is 3. The average molecular weight is 1200 g/mol. The number of rotatable bonds is 25. The maximum atomic E-state index is 13.1. The van der Waals surface area contributed by atoms with E-state index >= 15 is 0 Å². The Kier molecular flexibility index (Phi) is 20.5. The molecule has 31 heteroatoms. The van der Waals surface area contributed by atoms with Gasteiger partial charge in [-0.15, -0.1) is 0 Å². The van der Waals surface area contributed by atoms with Crippen LogP contribution in [-0.4, -0.2) is 156 Å². The first-order chi connectivity index (χ1) is 36.8. The molecule has 5 aliphatic rings. The van der Waals surface area contributed by atoms with Crippen LogP contribution in [0, 0.1) is 57.7 Å². The highest BCUT2D eigenvalue weighted by Gasteiger charge is 2.66. The number of phosphoric ester groups is 3. The molecule has 19 atom stereocenters. The SMILES string of the molecule is CC(CCC[C@@H](C)[C@H]1CC[C@H]2[C@@H]3[C@H](O)C[C@@H]4C[C@H](O)CC[C@]4(C)[C@H]3C[C@H](O)[C@]12C)C(=O)SCCNC(=O)CCNC(=O)[C@H](O)C(C)(C)COP(=O)(O)OP(=O)(O)OC[C@H]1O[C@@H](n2cnc3c(N)ncnc32)C(O)[C@H]1OP(=O)(O)O. The summed E-state index contributed by atoms with van der Waals surface area (Å²) in [7, 11) is -16.5. The van der Waals surface area contributed by atoms with Crippen molar-refractivity contribution in [1.29, 1.82) is 0 Å². The van der Waals surface area contributed by atoms with Gasteiger partial charge in [-0.2, -0.15) is 4.31 Å². The minimum atomic E-state index is -5.60. The largest absolute Gasteiger partial charge is 0.481 e. The number of fused-ring (bicyclic) bond motifs is 6. The topological polar surface area (TPSA) is 424 Å². The maximum Gasteiger partial charge on any atom is 0.481 e. The second-order valence-electron chi connectivity index (χ2n) is 23.6. The third-order valence-corrected chi connectivity index (χ3v) is 22.2. The molecule has 0 spiro atoms. The second-order valence-corrected chi connectivity index (χ2v) is 28.9. The third kappa shape index (κ3) is 14.7. The van der Waals surface area contributed by atoms with Crippen molar-refractivity contribution in [3.63, 3.8) is 0 Å². The standard InChI is InChI=1S/C48H80N7O20P3S/c1-25(29-10-11-30-36-31(20-34(58)48(29,30)6)47(5)14-12-28(56)18-27(47)19-32(36)57)8-7-9-26(2)45(63)79-17-16-50-35(59)13-15-51-43(62)40(61)46(3,4)22-72-78(69,70)75-77(67,68)71-21-33-39(74-76(64,65)66)38(60)44(73-33)55-24-54-37-41(49)52-23-53-42(37)55/h23-34,36,38-40,44,56-58,60-61H,7-22H2,1-6H3,(H,50,59)(H,51,62)(H,67,68)(H,69,70)(H2,49,52,53)(H2,64,65,66)/t25-,26?,27+,28-,29-,30+,31+,32-,33-,34+,36+,38?,39+,40+,44-,47+,48-/m1/s1. The number of carbonyl (C=O) groups is 3. The molecule has 1 aliphatic heterocycles. The zero-order chi connectivity index (χ0) is 58.2. The average Bonchev–Trinajstić information content (AvgIpc) is 3.87. The molecule has 27 nitrogen and oxygen atoms in total. The van der Waals surface area contributed by atoms with E-state index in [9.17, 15) is 73.2 Å². The summed E-state index contributed by atoms with van der Waals surface area (Å²) in [5.74, 6) is 0.168. The minimum Gasteiger partial charge on any atom is -0.393 e. The van der Waals surface area contributed by atoms with E-state index in [2.05, 4.69) is 55.2 Å². The van der Waals surface area contributed by atoms with Crippen molar-refractivity contribution < 1.29 is 95.8 Å². The van der Waals surface area contributed by atoms with E-state index in [-0.39, 0.29) is 88.1 Å². The van der Waals surface area contributed by atoms with Crippen LogP contribution in [0.2, 0.25) is 0 Å². The number of amides is 2. The number of nitrogen functional groups attached to an aromatic ring is 1. The molecule has 13 N–H and O–H groups in total. The van der Waals surface area contributed by atoms with E-state index in [1.165, 1.54) is 13.8 Å². The van der Waals surface area contributed by atoms with Crippen LogP contribution in [0.25, 0.3) is 11.2 Å². The minimum absolute atomic E-state index is 0.00814. The van der Waals surface area contributed by atoms with Crippen LogP contribution in [0.4, 0.5) is 5.82 Å². The number of anilines is 1. The van der Waals surface area contributed by atoms with E-state index in [0.717, 1.165) is 80.4 Å². The number of imidazole rings is 1. The zero-order valence-corrected chi connectivity index (χ0v) is 48.8. The van der Waals surface area contributed by atoms with Crippen LogP contribution in [0.5, 0.6) is 0 Å². The van der Waals surface area contributed by atoms with Crippen LogP contribution in [0.3, 0.4) is 0 Å². The van der Waals surface area contributed by atoms with Gasteiger partial charge in [0.15, 0.2) is 22.8 Å². The van der Waals surface area contributed by atoms with Gasteiger partial charge in [-0.05, 0) is 97.7 Å². The molecule has 0 aromatic carbocycles. The summed E-state index contributed by atoms with van der Waals surface area (Å²) in [6.07, 6.45) is 0.0812. The van der Waals surface area contributed by atoms with Gasteiger partial charge in [-0.25, -0.2) is 28.6 Å². The van der Waals surface area contributed by atoms with Gasteiger partial charge in [-0.1, -0.05) is 66.1 Å². The first kappa shape index (κ1) is 64.0. The summed E-state index contributed by atoms with van der Waals surface area (Å²) in [6.45, 7) is 9.17. The van der Waals surface area contributed by atoms with Crippen molar-refractivity contribution in [2.24, 2.45) is 57.7 Å². The van der Waals surface area contributed by atoms with Crippen molar-refractivity contribution in [1.82, 2.24) is 30.2 Å². The van der Waals surface area contributed by atoms with Crippen molar-refractivity contribution in [3.8, 4) is 0 Å². The van der Waals surface area contributed by atoms with Crippen LogP contribution in [-0.2, 0) is 50.7 Å². The van der Waals surface area contributed by atoms with Gasteiger partial charge in [0.25, 0.3) is 0 Å². The predicted molar refractivity (Wildman–Crippen MR) is 283 cm³/mol. The molecule has 448 valence electrons. The highest BCUT2D eigenvalue weighted by molar-refractivity contribution is 8.13. The fourth-order valence-corrected chi connectivity index (χ4v) is 17.3. The lowest BCUT2D eigenvalue weighted by molar-refractivity contribution is -0.207. The van der Waals surface area contributed by atoms with E-state index < -0.39 is 96.8 Å². The highest BCUT2D eigenvalue weighted by atomic mass is 32.2. The predicted octanol–water partition coefficient (Wildman–Crippen LogP) is 3.07. The first-order valence-electron chi connectivity index (χ1n) is 26.9. The normalized spacial score (nSPS) is 34.6. The lowest BCUT2D eigenvalue weighted by Gasteiger charge is -2.63. The zero-order valence-electron chi connectivity index (χ0n) is 45.3. The van der Waals surface area contributed by atoms with Gasteiger partial charge in [0, 0.05) is 36.6 Å². The summed E-state index contributed by atoms with van der Waals surface area (Å²) < 4.78 is 62.8. The molecule has 5 fully saturated rings. The Morgan fingerprint density at radius 3 is 2.35 bits per heavy atom. The Balaban J connectivity index is 0.770. The molecule has 4 aliphatic carbocycles. The van der Waals surface area contributed by atoms with Gasteiger partial charge in [-0.3, -0.25) is 32.5 Å². The van der Waals surface area contributed by atoms with Crippen molar-refractivity contribution in [2.45, 2.75) is 161 Å². The number of hydrogen-bond acceptors (Lipinski definition) is 21. The lowest BCUT2D eigenvalue weighted by Crippen LogP contribution is -2.62. The Labute approximate surface area is 462 Å². The van der Waals surface area contributed by atoms with Gasteiger partial charge >= 0.3 is 23.5 Å². The molecule has 4 saturated carbocycles. The molecule has 2 aromatic rings. The summed E-state index contributed by atoms with van der Waals surface area (Å²) >= 11 is 1.12. The lowest BCUT2D eigenvalue weighted by atomic mass is 9.43. The Morgan fingerprint density at radius 2 is 1.65 bits per heavy atom. The quantitative estimate of drug-likeness (QED) is 0.0502. The van der Waals surface area contributed by atoms with E-state index in [4.69, 9.17) is 19.5 Å². The monoisotopic (exact) mass is 1200 g/mol. The molecule has 2 aromatic heterocycles. The highest BCUT2D eigenvalue weighted by Crippen LogP contribution is 2.69. The van der Waals surface area contributed by atoms with Crippen molar-refractivity contribution >= 4 is 69.1 Å².